The molecular formula is C22H21NO4. The number of benzene rings is 2. The smallest absolute Gasteiger partial charge is 0.330 e. The number of amides is 2. The summed E-state index contributed by atoms with van der Waals surface area (Å²) in [5.74, 6) is -0.900. The Bertz CT molecular complexity index is 834. The Morgan fingerprint density at radius 3 is 2.00 bits per heavy atom. The number of carbonyl (C=O) groups excluding carboxylic acids is 3. The third kappa shape index (κ3) is 3.50. The minimum Gasteiger partial charge on any atom is -0.330 e. The average molecular weight is 363 g/mol. The molecule has 0 saturated heterocycles. The summed E-state index contributed by atoms with van der Waals surface area (Å²) in [4.78, 5) is 41.9. The van der Waals surface area contributed by atoms with Crippen molar-refractivity contribution in [2.24, 2.45) is 5.92 Å². The van der Waals surface area contributed by atoms with Crippen molar-refractivity contribution in [3.05, 3.63) is 71.3 Å². The van der Waals surface area contributed by atoms with Crippen LogP contribution in [0.2, 0.25) is 0 Å². The van der Waals surface area contributed by atoms with Gasteiger partial charge in [-0.2, -0.15) is 0 Å². The van der Waals surface area contributed by atoms with Crippen molar-refractivity contribution in [3.63, 3.8) is 0 Å². The molecule has 2 amide bonds. The van der Waals surface area contributed by atoms with E-state index < -0.39 is 17.8 Å². The second-order valence-corrected chi connectivity index (χ2v) is 7.25. The van der Waals surface area contributed by atoms with E-state index >= 15 is 0 Å². The summed E-state index contributed by atoms with van der Waals surface area (Å²) in [6.45, 7) is 0. The molecule has 2 aromatic rings. The van der Waals surface area contributed by atoms with Crippen LogP contribution in [0.3, 0.4) is 0 Å². The highest BCUT2D eigenvalue weighted by atomic mass is 16.7. The van der Waals surface area contributed by atoms with Crippen LogP contribution in [-0.2, 0) is 9.63 Å². The molecule has 4 rings (SSSR count). The van der Waals surface area contributed by atoms with Gasteiger partial charge in [0, 0.05) is 0 Å². The van der Waals surface area contributed by atoms with Gasteiger partial charge in [-0.05, 0) is 55.2 Å². The molecule has 1 aliphatic carbocycles. The number of carbonyl (C=O) groups is 3. The maximum absolute atomic E-state index is 12.3. The average Bonchev–Trinajstić information content (AvgIpc) is 2.94. The Hall–Kier alpha value is -2.95. The highest BCUT2D eigenvalue weighted by Crippen LogP contribution is 2.37. The van der Waals surface area contributed by atoms with Crippen LogP contribution >= 0.6 is 0 Å². The SMILES string of the molecule is O=C(CC1CCC(c2ccccc2)CC1)ON1C(=O)c2ccccc2C1=O. The summed E-state index contributed by atoms with van der Waals surface area (Å²) in [5, 5.41) is 0.600. The van der Waals surface area contributed by atoms with Crippen LogP contribution in [0.4, 0.5) is 0 Å². The van der Waals surface area contributed by atoms with E-state index in [9.17, 15) is 14.4 Å². The second kappa shape index (κ2) is 7.35. The molecule has 0 bridgehead atoms. The summed E-state index contributed by atoms with van der Waals surface area (Å²) in [5.41, 5.74) is 1.90. The molecule has 0 N–H and O–H groups in total. The third-order valence-corrected chi connectivity index (χ3v) is 5.52. The van der Waals surface area contributed by atoms with Gasteiger partial charge in [-0.1, -0.05) is 47.5 Å². The van der Waals surface area contributed by atoms with Crippen molar-refractivity contribution in [1.82, 2.24) is 5.06 Å². The number of fused-ring (bicyclic) bond motifs is 1. The minimum absolute atomic E-state index is 0.229. The molecule has 0 unspecified atom stereocenters. The molecule has 0 atom stereocenters. The van der Waals surface area contributed by atoms with Gasteiger partial charge in [-0.25, -0.2) is 4.79 Å². The molecule has 27 heavy (non-hydrogen) atoms. The van der Waals surface area contributed by atoms with Gasteiger partial charge in [0.15, 0.2) is 0 Å². The maximum atomic E-state index is 12.3. The quantitative estimate of drug-likeness (QED) is 0.767. The van der Waals surface area contributed by atoms with E-state index in [1.165, 1.54) is 5.56 Å². The van der Waals surface area contributed by atoms with Crippen LogP contribution in [0.25, 0.3) is 0 Å². The molecule has 138 valence electrons. The molecule has 0 aromatic heterocycles. The molecule has 5 heteroatoms. The van der Waals surface area contributed by atoms with Crippen molar-refractivity contribution in [3.8, 4) is 0 Å². The third-order valence-electron chi connectivity index (χ3n) is 5.52. The molecular weight excluding hydrogens is 342 g/mol. The minimum atomic E-state index is -0.572. The van der Waals surface area contributed by atoms with Crippen molar-refractivity contribution >= 4 is 17.8 Å². The summed E-state index contributed by atoms with van der Waals surface area (Å²) in [6, 6.07) is 16.9. The lowest BCUT2D eigenvalue weighted by Gasteiger charge is -2.28. The van der Waals surface area contributed by atoms with E-state index in [2.05, 4.69) is 24.3 Å². The van der Waals surface area contributed by atoms with Crippen LogP contribution in [-0.4, -0.2) is 22.8 Å². The molecule has 1 aliphatic heterocycles. The highest BCUT2D eigenvalue weighted by Gasteiger charge is 2.39. The molecule has 1 heterocycles. The molecule has 2 aromatic carbocycles. The topological polar surface area (TPSA) is 63.7 Å². The van der Waals surface area contributed by atoms with Crippen molar-refractivity contribution < 1.29 is 19.2 Å². The Morgan fingerprint density at radius 2 is 1.41 bits per heavy atom. The standard InChI is InChI=1S/C22H21NO4/c24-20(27-23-21(25)18-8-4-5-9-19(18)22(23)26)14-15-10-12-17(13-11-15)16-6-2-1-3-7-16/h1-9,15,17H,10-14H2. The fourth-order valence-electron chi connectivity index (χ4n) is 4.05. The summed E-state index contributed by atoms with van der Waals surface area (Å²) < 4.78 is 0. The second-order valence-electron chi connectivity index (χ2n) is 7.25. The fourth-order valence-corrected chi connectivity index (χ4v) is 4.05. The lowest BCUT2D eigenvalue weighted by Crippen LogP contribution is -2.33. The predicted octanol–water partition coefficient (Wildman–Crippen LogP) is 4.10. The first-order chi connectivity index (χ1) is 13.1. The van der Waals surface area contributed by atoms with Crippen LogP contribution < -0.4 is 0 Å². The summed E-state index contributed by atoms with van der Waals surface area (Å²) in [7, 11) is 0. The fraction of sp³-hybridized carbons (Fsp3) is 0.318. The number of nitrogens with zero attached hydrogens (tertiary/aromatic N) is 1. The lowest BCUT2D eigenvalue weighted by molar-refractivity contribution is -0.170. The van der Waals surface area contributed by atoms with E-state index in [0.717, 1.165) is 25.7 Å². The zero-order chi connectivity index (χ0) is 18.8. The lowest BCUT2D eigenvalue weighted by atomic mass is 9.77. The van der Waals surface area contributed by atoms with Crippen molar-refractivity contribution in [2.75, 3.05) is 0 Å². The van der Waals surface area contributed by atoms with Crippen LogP contribution in [0, 0.1) is 5.92 Å². The highest BCUT2D eigenvalue weighted by molar-refractivity contribution is 6.20. The zero-order valence-corrected chi connectivity index (χ0v) is 15.0. The first kappa shape index (κ1) is 17.5. The van der Waals surface area contributed by atoms with Gasteiger partial charge in [-0.15, -0.1) is 0 Å². The van der Waals surface area contributed by atoms with Gasteiger partial charge in [-0.3, -0.25) is 9.59 Å². The van der Waals surface area contributed by atoms with Crippen LogP contribution in [0.5, 0.6) is 0 Å². The van der Waals surface area contributed by atoms with E-state index in [4.69, 9.17) is 4.84 Å². The van der Waals surface area contributed by atoms with Crippen molar-refractivity contribution in [2.45, 2.75) is 38.0 Å². The molecule has 2 aliphatic rings. The van der Waals surface area contributed by atoms with Gasteiger partial charge >= 0.3 is 5.97 Å². The van der Waals surface area contributed by atoms with Gasteiger partial charge in [0.1, 0.15) is 0 Å². The molecule has 0 radical (unpaired) electrons. The number of rotatable bonds is 4. The number of hydroxylamine groups is 2. The van der Waals surface area contributed by atoms with E-state index in [-0.39, 0.29) is 23.5 Å². The largest absolute Gasteiger partial charge is 0.333 e. The van der Waals surface area contributed by atoms with Crippen molar-refractivity contribution in [1.29, 1.82) is 0 Å². The number of hydrogen-bond acceptors (Lipinski definition) is 4. The van der Waals surface area contributed by atoms with Gasteiger partial charge in [0.2, 0.25) is 0 Å². The van der Waals surface area contributed by atoms with Crippen LogP contribution in [0.15, 0.2) is 54.6 Å². The zero-order valence-electron chi connectivity index (χ0n) is 15.0. The first-order valence-corrected chi connectivity index (χ1v) is 9.37. The number of imide groups is 1. The Balaban J connectivity index is 1.31. The molecule has 1 fully saturated rings. The normalized spacial score (nSPS) is 21.9. The van der Waals surface area contributed by atoms with E-state index in [1.807, 2.05) is 6.07 Å². The monoisotopic (exact) mass is 363 g/mol. The Kier molecular flexibility index (Phi) is 4.75. The summed E-state index contributed by atoms with van der Waals surface area (Å²) >= 11 is 0. The van der Waals surface area contributed by atoms with E-state index in [0.29, 0.717) is 11.0 Å². The molecule has 0 spiro atoms. The van der Waals surface area contributed by atoms with Gasteiger partial charge < -0.3 is 4.84 Å². The Morgan fingerprint density at radius 1 is 0.852 bits per heavy atom. The van der Waals surface area contributed by atoms with E-state index in [1.54, 1.807) is 24.3 Å². The predicted molar refractivity (Wildman–Crippen MR) is 98.8 cm³/mol. The first-order valence-electron chi connectivity index (χ1n) is 9.37. The Labute approximate surface area is 157 Å². The molecule has 5 nitrogen and oxygen atoms in total. The number of hydrogen-bond donors (Lipinski definition) is 0. The maximum Gasteiger partial charge on any atom is 0.333 e. The van der Waals surface area contributed by atoms with Crippen LogP contribution in [0.1, 0.15) is 64.3 Å². The summed E-state index contributed by atoms with van der Waals surface area (Å²) in [6.07, 6.45) is 4.19. The molecule has 1 saturated carbocycles. The van der Waals surface area contributed by atoms with Gasteiger partial charge in [0.25, 0.3) is 11.8 Å². The van der Waals surface area contributed by atoms with Gasteiger partial charge in [0.05, 0.1) is 17.5 Å².